The summed E-state index contributed by atoms with van der Waals surface area (Å²) in [5.41, 5.74) is 0.625. The zero-order valence-corrected chi connectivity index (χ0v) is 17.2. The van der Waals surface area contributed by atoms with Gasteiger partial charge in [0.15, 0.2) is 6.61 Å². The van der Waals surface area contributed by atoms with E-state index in [1.54, 1.807) is 6.07 Å². The molecule has 2 saturated carbocycles. The van der Waals surface area contributed by atoms with E-state index >= 15 is 0 Å². The first kappa shape index (κ1) is 19.7. The Bertz CT molecular complexity index is 1060. The van der Waals surface area contributed by atoms with Crippen molar-refractivity contribution >= 4 is 40.2 Å². The molecule has 0 unspecified atom stereocenters. The Balaban J connectivity index is 1.21. The van der Waals surface area contributed by atoms with Gasteiger partial charge in [-0.3, -0.25) is 19.3 Å². The third-order valence-corrected chi connectivity index (χ3v) is 7.10. The quantitative estimate of drug-likeness (QED) is 0.593. The summed E-state index contributed by atoms with van der Waals surface area (Å²) in [5.74, 6) is -1.80. The van der Waals surface area contributed by atoms with Crippen molar-refractivity contribution in [3.05, 3.63) is 42.5 Å². The molecule has 3 amide bonds. The van der Waals surface area contributed by atoms with Gasteiger partial charge in [0.25, 0.3) is 5.91 Å². The van der Waals surface area contributed by atoms with Crippen LogP contribution in [-0.4, -0.2) is 41.2 Å². The maximum atomic E-state index is 12.9. The van der Waals surface area contributed by atoms with Crippen LogP contribution in [0.4, 0.5) is 5.69 Å². The van der Waals surface area contributed by atoms with Crippen LogP contribution in [0.25, 0.3) is 10.8 Å². The first-order chi connectivity index (χ1) is 15.0. The minimum Gasteiger partial charge on any atom is -0.454 e. The van der Waals surface area contributed by atoms with Crippen molar-refractivity contribution in [3.8, 4) is 0 Å². The lowest BCUT2D eigenvalue weighted by Crippen LogP contribution is -2.45. The van der Waals surface area contributed by atoms with E-state index in [0.29, 0.717) is 5.69 Å². The van der Waals surface area contributed by atoms with Crippen LogP contribution < -0.4 is 5.32 Å². The number of nitrogens with zero attached hydrogens (tertiary/aromatic N) is 1. The van der Waals surface area contributed by atoms with Crippen molar-refractivity contribution in [2.24, 2.45) is 23.7 Å². The summed E-state index contributed by atoms with van der Waals surface area (Å²) in [6, 6.07) is 12.2. The van der Waals surface area contributed by atoms with Gasteiger partial charge in [-0.2, -0.15) is 0 Å². The number of carbonyl (C=O) groups is 4. The molecule has 0 spiro atoms. The summed E-state index contributed by atoms with van der Waals surface area (Å²) < 4.78 is 5.15. The fraction of sp³-hybridized carbons (Fsp3) is 0.417. The van der Waals surface area contributed by atoms with Crippen LogP contribution in [-0.2, 0) is 23.9 Å². The Labute approximate surface area is 179 Å². The van der Waals surface area contributed by atoms with Gasteiger partial charge in [-0.05, 0) is 49.5 Å². The maximum absolute atomic E-state index is 12.9. The lowest BCUT2D eigenvalue weighted by molar-refractivity contribution is -0.159. The molecule has 1 N–H and O–H groups in total. The zero-order valence-electron chi connectivity index (χ0n) is 17.2. The second-order valence-corrected chi connectivity index (χ2v) is 8.79. The third-order valence-electron chi connectivity index (χ3n) is 7.10. The first-order valence-electron chi connectivity index (χ1n) is 10.8. The Kier molecular flexibility index (Phi) is 4.76. The van der Waals surface area contributed by atoms with Gasteiger partial charge in [0.2, 0.25) is 11.8 Å². The SMILES string of the molecule is C[C@H](C(=O)OCC(=O)Nc1cccc2ccccc12)N1C(=O)[C@@H]2[C@@H]3CC[C@@H](C3)[C@@H]2C1=O. The number of amides is 3. The molecule has 1 heterocycles. The number of esters is 1. The Morgan fingerprint density at radius 3 is 2.39 bits per heavy atom. The van der Waals surface area contributed by atoms with E-state index in [1.807, 2.05) is 36.4 Å². The van der Waals surface area contributed by atoms with Crippen molar-refractivity contribution < 1.29 is 23.9 Å². The Hall–Kier alpha value is -3.22. The van der Waals surface area contributed by atoms with Gasteiger partial charge < -0.3 is 10.1 Å². The van der Waals surface area contributed by atoms with Crippen molar-refractivity contribution in [3.63, 3.8) is 0 Å². The summed E-state index contributed by atoms with van der Waals surface area (Å²) in [6.07, 6.45) is 2.89. The molecule has 5 rings (SSSR count). The second kappa shape index (κ2) is 7.48. The fourth-order valence-corrected chi connectivity index (χ4v) is 5.70. The van der Waals surface area contributed by atoms with Crippen LogP contribution in [0.1, 0.15) is 26.2 Å². The van der Waals surface area contributed by atoms with Gasteiger partial charge in [0, 0.05) is 11.1 Å². The monoisotopic (exact) mass is 420 g/mol. The number of fused-ring (bicyclic) bond motifs is 6. The van der Waals surface area contributed by atoms with Crippen molar-refractivity contribution in [2.45, 2.75) is 32.2 Å². The number of nitrogens with one attached hydrogen (secondary N) is 1. The summed E-state index contributed by atoms with van der Waals surface area (Å²) >= 11 is 0. The summed E-state index contributed by atoms with van der Waals surface area (Å²) in [4.78, 5) is 51.7. The van der Waals surface area contributed by atoms with Crippen LogP contribution in [0.15, 0.2) is 42.5 Å². The molecule has 0 aromatic heterocycles. The molecule has 7 heteroatoms. The molecule has 1 saturated heterocycles. The van der Waals surface area contributed by atoms with Gasteiger partial charge in [0.05, 0.1) is 11.8 Å². The number of likely N-dealkylation sites (tertiary alicyclic amines) is 1. The first-order valence-corrected chi connectivity index (χ1v) is 10.8. The summed E-state index contributed by atoms with van der Waals surface area (Å²) in [7, 11) is 0. The van der Waals surface area contributed by atoms with E-state index in [0.717, 1.165) is 34.9 Å². The minimum absolute atomic E-state index is 0.256. The molecule has 160 valence electrons. The zero-order chi connectivity index (χ0) is 21.7. The van der Waals surface area contributed by atoms with E-state index in [1.165, 1.54) is 6.92 Å². The average molecular weight is 420 g/mol. The number of rotatable bonds is 5. The van der Waals surface area contributed by atoms with E-state index in [2.05, 4.69) is 5.32 Å². The van der Waals surface area contributed by atoms with E-state index < -0.39 is 24.5 Å². The molecule has 2 bridgehead atoms. The molecule has 7 nitrogen and oxygen atoms in total. The summed E-state index contributed by atoms with van der Waals surface area (Å²) in [6.45, 7) is 1.00. The number of benzene rings is 2. The fourth-order valence-electron chi connectivity index (χ4n) is 5.70. The van der Waals surface area contributed by atoms with E-state index in [-0.39, 0.29) is 35.5 Å². The maximum Gasteiger partial charge on any atom is 0.329 e. The van der Waals surface area contributed by atoms with Crippen molar-refractivity contribution in [1.29, 1.82) is 0 Å². The molecule has 3 aliphatic rings. The number of imide groups is 1. The highest BCUT2D eigenvalue weighted by atomic mass is 16.5. The average Bonchev–Trinajstić information content (AvgIpc) is 3.45. The third kappa shape index (κ3) is 3.19. The number of ether oxygens (including phenoxy) is 1. The largest absolute Gasteiger partial charge is 0.454 e. The van der Waals surface area contributed by atoms with Crippen LogP contribution in [0.2, 0.25) is 0 Å². The van der Waals surface area contributed by atoms with Gasteiger partial charge >= 0.3 is 5.97 Å². The molecule has 2 aromatic carbocycles. The number of hydrogen-bond donors (Lipinski definition) is 1. The normalized spacial score (nSPS) is 27.5. The molecule has 1 aliphatic heterocycles. The number of anilines is 1. The lowest BCUT2D eigenvalue weighted by atomic mass is 9.81. The molecule has 2 aromatic rings. The molecular formula is C24H24N2O5. The molecule has 0 radical (unpaired) electrons. The molecule has 5 atom stereocenters. The topological polar surface area (TPSA) is 92.8 Å². The molecule has 31 heavy (non-hydrogen) atoms. The van der Waals surface area contributed by atoms with Crippen molar-refractivity contribution in [1.82, 2.24) is 4.90 Å². The van der Waals surface area contributed by atoms with Crippen LogP contribution in [0, 0.1) is 23.7 Å². The molecule has 2 aliphatic carbocycles. The van der Waals surface area contributed by atoms with Gasteiger partial charge in [-0.15, -0.1) is 0 Å². The highest BCUT2D eigenvalue weighted by molar-refractivity contribution is 6.09. The minimum atomic E-state index is -1.03. The smallest absolute Gasteiger partial charge is 0.329 e. The summed E-state index contributed by atoms with van der Waals surface area (Å²) in [5, 5.41) is 4.62. The predicted octanol–water partition coefficient (Wildman–Crippen LogP) is 2.74. The van der Waals surface area contributed by atoms with Gasteiger partial charge in [-0.1, -0.05) is 36.4 Å². The highest BCUT2D eigenvalue weighted by Crippen LogP contribution is 2.56. The standard InChI is InChI=1S/C24H24N2O5/c1-13(26-22(28)20-15-9-10-16(11-15)21(20)23(26)29)24(30)31-12-19(27)25-18-8-4-6-14-5-2-3-7-17(14)18/h2-8,13,15-16,20-21H,9-12H2,1H3,(H,25,27)/t13-,15-,16+,20-,21+/m1/s1. The van der Waals surface area contributed by atoms with E-state index in [9.17, 15) is 19.2 Å². The number of hydrogen-bond acceptors (Lipinski definition) is 5. The van der Waals surface area contributed by atoms with Gasteiger partial charge in [-0.25, -0.2) is 4.79 Å². The predicted molar refractivity (Wildman–Crippen MR) is 113 cm³/mol. The van der Waals surface area contributed by atoms with Crippen molar-refractivity contribution in [2.75, 3.05) is 11.9 Å². The van der Waals surface area contributed by atoms with Gasteiger partial charge in [0.1, 0.15) is 6.04 Å². The Morgan fingerprint density at radius 2 is 1.68 bits per heavy atom. The molecular weight excluding hydrogens is 396 g/mol. The molecule has 3 fully saturated rings. The van der Waals surface area contributed by atoms with Crippen LogP contribution >= 0.6 is 0 Å². The Morgan fingerprint density at radius 1 is 1.03 bits per heavy atom. The van der Waals surface area contributed by atoms with E-state index in [4.69, 9.17) is 4.74 Å². The highest BCUT2D eigenvalue weighted by Gasteiger charge is 2.62. The van der Waals surface area contributed by atoms with Crippen LogP contribution in [0.5, 0.6) is 0 Å². The second-order valence-electron chi connectivity index (χ2n) is 8.79. The van der Waals surface area contributed by atoms with Crippen LogP contribution in [0.3, 0.4) is 0 Å². The lowest BCUT2D eigenvalue weighted by Gasteiger charge is -2.23. The number of carbonyl (C=O) groups excluding carboxylic acids is 4.